The van der Waals surface area contributed by atoms with Crippen LogP contribution in [-0.4, -0.2) is 23.3 Å². The van der Waals surface area contributed by atoms with Gasteiger partial charge in [0.15, 0.2) is 6.10 Å². The third-order valence-corrected chi connectivity index (χ3v) is 3.92. The lowest BCUT2D eigenvalue weighted by Crippen LogP contribution is -2.10. The molecule has 24 heavy (non-hydrogen) atoms. The maximum atomic E-state index is 12.1. The number of nitrogens with zero attached hydrogens (tertiary/aromatic N) is 1. The molecule has 1 aliphatic rings. The highest BCUT2D eigenvalue weighted by atomic mass is 16.6. The van der Waals surface area contributed by atoms with E-state index < -0.39 is 12.1 Å². The predicted octanol–water partition coefficient (Wildman–Crippen LogP) is 3.80. The number of aliphatic hydroxyl groups excluding tert-OH is 1. The van der Waals surface area contributed by atoms with Crippen LogP contribution in [0.4, 0.5) is 0 Å². The Morgan fingerprint density at radius 2 is 1.71 bits per heavy atom. The molecule has 1 atom stereocenters. The molecule has 0 radical (unpaired) electrons. The van der Waals surface area contributed by atoms with Crippen LogP contribution in [0.25, 0.3) is 0 Å². The molecule has 0 spiro atoms. The summed E-state index contributed by atoms with van der Waals surface area (Å²) in [6.45, 7) is 2.01. The molecule has 1 saturated heterocycles. The number of esters is 1. The summed E-state index contributed by atoms with van der Waals surface area (Å²) in [5.74, 6) is -0.584. The molecule has 0 amide bonds. The molecule has 2 aromatic rings. The monoisotopic (exact) mass is 321 g/mol. The van der Waals surface area contributed by atoms with Crippen LogP contribution in [0, 0.1) is 0 Å². The van der Waals surface area contributed by atoms with Gasteiger partial charge in [0.25, 0.3) is 0 Å². The van der Waals surface area contributed by atoms with Crippen molar-refractivity contribution in [2.24, 2.45) is 4.99 Å². The van der Waals surface area contributed by atoms with Crippen LogP contribution in [0.5, 0.6) is 0 Å². The van der Waals surface area contributed by atoms with E-state index in [-0.39, 0.29) is 11.3 Å². The van der Waals surface area contributed by atoms with E-state index in [0.29, 0.717) is 12.3 Å². The van der Waals surface area contributed by atoms with Crippen molar-refractivity contribution in [3.8, 4) is 0 Å². The Kier molecular flexibility index (Phi) is 4.75. The Balaban J connectivity index is 1.88. The van der Waals surface area contributed by atoms with Gasteiger partial charge in [-0.15, -0.1) is 0 Å². The summed E-state index contributed by atoms with van der Waals surface area (Å²) in [5, 5.41) is 9.87. The summed E-state index contributed by atoms with van der Waals surface area (Å²) < 4.78 is 5.45. The highest BCUT2D eigenvalue weighted by molar-refractivity contribution is 6.26. The molecule has 1 heterocycles. The van der Waals surface area contributed by atoms with Crippen molar-refractivity contribution >= 4 is 11.7 Å². The largest absolute Gasteiger partial charge is 0.512 e. The van der Waals surface area contributed by atoms with E-state index in [2.05, 4.69) is 4.99 Å². The number of hydrogen-bond donors (Lipinski definition) is 1. The number of rotatable bonds is 4. The van der Waals surface area contributed by atoms with Gasteiger partial charge in [-0.05, 0) is 24.5 Å². The predicted molar refractivity (Wildman–Crippen MR) is 93.1 cm³/mol. The van der Waals surface area contributed by atoms with E-state index in [9.17, 15) is 9.90 Å². The second-order valence-electron chi connectivity index (χ2n) is 5.66. The molecule has 122 valence electrons. The van der Waals surface area contributed by atoms with Gasteiger partial charge >= 0.3 is 5.97 Å². The van der Waals surface area contributed by atoms with E-state index in [0.717, 1.165) is 12.0 Å². The number of aliphatic imine (C=N–C) groups is 1. The molecular weight excluding hydrogens is 302 g/mol. The summed E-state index contributed by atoms with van der Waals surface area (Å²) in [5.41, 5.74) is 2.70. The minimum Gasteiger partial charge on any atom is -0.512 e. The molecule has 4 nitrogen and oxygen atoms in total. The van der Waals surface area contributed by atoms with Gasteiger partial charge in [-0.3, -0.25) is 4.99 Å². The van der Waals surface area contributed by atoms with Gasteiger partial charge in [0.05, 0.1) is 5.71 Å². The van der Waals surface area contributed by atoms with Crippen molar-refractivity contribution < 1.29 is 14.6 Å². The van der Waals surface area contributed by atoms with Gasteiger partial charge in [-0.1, -0.05) is 60.7 Å². The van der Waals surface area contributed by atoms with Crippen LogP contribution in [0.1, 0.15) is 24.2 Å². The topological polar surface area (TPSA) is 58.9 Å². The van der Waals surface area contributed by atoms with Crippen molar-refractivity contribution in [2.45, 2.75) is 19.4 Å². The van der Waals surface area contributed by atoms with Crippen molar-refractivity contribution in [1.29, 1.82) is 0 Å². The standard InChI is InChI=1S/C20H19NO3/c1-14(22)17-18(21-13-12-15-8-4-2-5-9-15)19(24-20(17)23)16-10-6-3-7-11-16/h2-11,19,22H,12-13H2,1H3/b17-14+,21-18?. The number of carbonyl (C=O) groups is 1. The summed E-state index contributed by atoms with van der Waals surface area (Å²) in [4.78, 5) is 16.7. The summed E-state index contributed by atoms with van der Waals surface area (Å²) in [6.07, 6.45) is 0.198. The zero-order chi connectivity index (χ0) is 16.9. The third-order valence-electron chi connectivity index (χ3n) is 3.92. The number of ether oxygens (including phenoxy) is 1. The van der Waals surface area contributed by atoms with E-state index >= 15 is 0 Å². The Labute approximate surface area is 141 Å². The lowest BCUT2D eigenvalue weighted by Gasteiger charge is -2.10. The SMILES string of the molecule is C/C(O)=C1\C(=O)OC(c2ccccc2)C1=NCCc1ccccc1. The molecule has 1 fully saturated rings. The fourth-order valence-corrected chi connectivity index (χ4v) is 2.76. The fourth-order valence-electron chi connectivity index (χ4n) is 2.76. The lowest BCUT2D eigenvalue weighted by atomic mass is 10.0. The van der Waals surface area contributed by atoms with Gasteiger partial charge in [-0.2, -0.15) is 0 Å². The van der Waals surface area contributed by atoms with E-state index in [1.165, 1.54) is 12.5 Å². The molecule has 2 aromatic carbocycles. The second-order valence-corrected chi connectivity index (χ2v) is 5.66. The molecule has 0 bridgehead atoms. The van der Waals surface area contributed by atoms with E-state index in [4.69, 9.17) is 4.74 Å². The van der Waals surface area contributed by atoms with Crippen LogP contribution >= 0.6 is 0 Å². The molecule has 0 saturated carbocycles. The highest BCUT2D eigenvalue weighted by Crippen LogP contribution is 2.32. The van der Waals surface area contributed by atoms with Gasteiger partial charge in [0.2, 0.25) is 0 Å². The smallest absolute Gasteiger partial charge is 0.344 e. The highest BCUT2D eigenvalue weighted by Gasteiger charge is 2.38. The average Bonchev–Trinajstić information content (AvgIpc) is 2.93. The van der Waals surface area contributed by atoms with Crippen LogP contribution in [0.2, 0.25) is 0 Å². The number of aliphatic hydroxyl groups is 1. The normalized spacial score (nSPS) is 21.0. The van der Waals surface area contributed by atoms with Crippen molar-refractivity contribution in [3.05, 3.63) is 83.1 Å². The van der Waals surface area contributed by atoms with Crippen LogP contribution in [-0.2, 0) is 16.0 Å². The molecule has 0 aromatic heterocycles. The minimum atomic E-state index is -0.563. The van der Waals surface area contributed by atoms with E-state index in [1.54, 1.807) is 0 Å². The number of hydrogen-bond acceptors (Lipinski definition) is 4. The lowest BCUT2D eigenvalue weighted by molar-refractivity contribution is -0.138. The Morgan fingerprint density at radius 1 is 1.08 bits per heavy atom. The summed E-state index contributed by atoms with van der Waals surface area (Å²) in [6, 6.07) is 19.5. The molecule has 3 rings (SSSR count). The first-order chi connectivity index (χ1) is 11.7. The molecule has 4 heteroatoms. The summed E-state index contributed by atoms with van der Waals surface area (Å²) in [7, 11) is 0. The Bertz CT molecular complexity index is 775. The van der Waals surface area contributed by atoms with Crippen LogP contribution < -0.4 is 0 Å². The number of benzene rings is 2. The van der Waals surface area contributed by atoms with Crippen molar-refractivity contribution in [2.75, 3.05) is 6.54 Å². The summed E-state index contributed by atoms with van der Waals surface area (Å²) >= 11 is 0. The zero-order valence-corrected chi connectivity index (χ0v) is 13.5. The first-order valence-corrected chi connectivity index (χ1v) is 7.91. The van der Waals surface area contributed by atoms with Crippen LogP contribution in [0.3, 0.4) is 0 Å². The number of allylic oxidation sites excluding steroid dienone is 1. The van der Waals surface area contributed by atoms with Gasteiger partial charge < -0.3 is 9.84 Å². The molecular formula is C20H19NO3. The van der Waals surface area contributed by atoms with Gasteiger partial charge in [0, 0.05) is 6.54 Å². The molecule has 0 aliphatic carbocycles. The minimum absolute atomic E-state index is 0.0584. The Morgan fingerprint density at radius 3 is 2.33 bits per heavy atom. The Hall–Kier alpha value is -2.88. The molecule has 1 N–H and O–H groups in total. The zero-order valence-electron chi connectivity index (χ0n) is 13.5. The van der Waals surface area contributed by atoms with Gasteiger partial charge in [-0.25, -0.2) is 4.79 Å². The quantitative estimate of drug-likeness (QED) is 0.529. The van der Waals surface area contributed by atoms with E-state index in [1.807, 2.05) is 60.7 Å². The third kappa shape index (κ3) is 3.38. The van der Waals surface area contributed by atoms with Crippen molar-refractivity contribution in [3.63, 3.8) is 0 Å². The van der Waals surface area contributed by atoms with Crippen molar-refractivity contribution in [1.82, 2.24) is 0 Å². The second kappa shape index (κ2) is 7.13. The first-order valence-electron chi connectivity index (χ1n) is 7.91. The fraction of sp³-hybridized carbons (Fsp3) is 0.200. The first kappa shape index (κ1) is 16.0. The maximum absolute atomic E-state index is 12.1. The number of carbonyl (C=O) groups excluding carboxylic acids is 1. The number of cyclic esters (lactones) is 1. The van der Waals surface area contributed by atoms with Crippen LogP contribution in [0.15, 0.2) is 77.0 Å². The van der Waals surface area contributed by atoms with Gasteiger partial charge in [0.1, 0.15) is 11.3 Å². The molecule has 1 aliphatic heterocycles. The molecule has 1 unspecified atom stereocenters. The maximum Gasteiger partial charge on any atom is 0.344 e. The average molecular weight is 321 g/mol.